The third-order valence-corrected chi connectivity index (χ3v) is 8.31. The standard InChI is InChI=1S/C31H40N2O2/c1-30(2,3)32(34)26-11-7-22(8-12-26)28(23-9-13-27(14-10-23)33(35)31(4,5)6)29-24-16-20-15-21(18-24)19-25(29)17-20/h7-14,20-21,24-25H,15-19H2,1-6H3. The number of anilines is 1. The summed E-state index contributed by atoms with van der Waals surface area (Å²) >= 11 is 0. The molecule has 6 rings (SSSR count). The van der Waals surface area contributed by atoms with Gasteiger partial charge >= 0.3 is 0 Å². The van der Waals surface area contributed by atoms with Crippen LogP contribution in [0.2, 0.25) is 0 Å². The number of nitroso groups, excluding NO2 is 1. The minimum atomic E-state index is -0.475. The number of hydroxylamine groups is 1. The van der Waals surface area contributed by atoms with Gasteiger partial charge in [-0.3, -0.25) is 0 Å². The van der Waals surface area contributed by atoms with Crippen molar-refractivity contribution in [2.75, 3.05) is 5.06 Å². The van der Waals surface area contributed by atoms with Crippen LogP contribution < -0.4 is 5.06 Å². The smallest absolute Gasteiger partial charge is 0.256 e. The van der Waals surface area contributed by atoms with Gasteiger partial charge in [-0.05, 0) is 118 Å². The molecule has 0 heterocycles. The van der Waals surface area contributed by atoms with Gasteiger partial charge in [0, 0.05) is 53.8 Å². The van der Waals surface area contributed by atoms with Crippen LogP contribution in [0.5, 0.6) is 0 Å². The Labute approximate surface area is 210 Å². The van der Waals surface area contributed by atoms with Crippen LogP contribution in [-0.2, 0) is 0 Å². The van der Waals surface area contributed by atoms with Gasteiger partial charge in [0.25, 0.3) is 5.69 Å². The Balaban J connectivity index is 1.58. The maximum Gasteiger partial charge on any atom is 0.256 e. The number of nitrogens with zero attached hydrogens (tertiary/aromatic N) is 2. The van der Waals surface area contributed by atoms with Crippen molar-refractivity contribution in [3.05, 3.63) is 75.3 Å². The van der Waals surface area contributed by atoms with Crippen molar-refractivity contribution in [3.8, 4) is 0 Å². The first-order chi connectivity index (χ1) is 16.4. The van der Waals surface area contributed by atoms with Crippen molar-refractivity contribution < 1.29 is 4.76 Å². The van der Waals surface area contributed by atoms with E-state index in [0.29, 0.717) is 23.2 Å². The maximum atomic E-state index is 12.8. The van der Waals surface area contributed by atoms with Crippen molar-refractivity contribution >= 4 is 16.9 Å². The van der Waals surface area contributed by atoms with Gasteiger partial charge < -0.3 is 10.3 Å². The fourth-order valence-electron chi connectivity index (χ4n) is 6.90. The second kappa shape index (κ2) is 8.58. The molecule has 2 aromatic rings. The van der Waals surface area contributed by atoms with E-state index in [4.69, 9.17) is 0 Å². The van der Waals surface area contributed by atoms with E-state index in [9.17, 15) is 10.1 Å². The van der Waals surface area contributed by atoms with E-state index < -0.39 is 11.1 Å². The Bertz CT molecular complexity index is 1100. The molecule has 2 aromatic carbocycles. The molecule has 4 aliphatic rings. The molecule has 0 spiro atoms. The third-order valence-electron chi connectivity index (χ3n) is 8.31. The summed E-state index contributed by atoms with van der Waals surface area (Å²) < 4.78 is 1.09. The molecule has 4 nitrogen and oxygen atoms in total. The summed E-state index contributed by atoms with van der Waals surface area (Å²) in [5.41, 5.74) is 5.76. The van der Waals surface area contributed by atoms with E-state index in [1.807, 2.05) is 65.8 Å². The molecule has 0 N–H and O–H groups in total. The molecule has 4 bridgehead atoms. The minimum absolute atomic E-state index is 0.475. The van der Waals surface area contributed by atoms with Gasteiger partial charge in [-0.15, -0.1) is 0 Å². The van der Waals surface area contributed by atoms with Crippen LogP contribution in [-0.4, -0.2) is 15.8 Å². The van der Waals surface area contributed by atoms with Crippen molar-refractivity contribution in [2.45, 2.75) is 84.7 Å². The van der Waals surface area contributed by atoms with Crippen molar-refractivity contribution in [3.63, 3.8) is 0 Å². The molecular weight excluding hydrogens is 432 g/mol. The molecule has 35 heavy (non-hydrogen) atoms. The molecule has 186 valence electrons. The van der Waals surface area contributed by atoms with E-state index >= 15 is 0 Å². The van der Waals surface area contributed by atoms with Crippen molar-refractivity contribution in [2.24, 2.45) is 23.7 Å². The van der Waals surface area contributed by atoms with Crippen LogP contribution in [0.25, 0.3) is 5.57 Å². The van der Waals surface area contributed by atoms with Crippen LogP contribution in [0.15, 0.2) is 54.1 Å². The predicted molar refractivity (Wildman–Crippen MR) is 145 cm³/mol. The highest BCUT2D eigenvalue weighted by Crippen LogP contribution is 2.58. The highest BCUT2D eigenvalue weighted by Gasteiger charge is 2.46. The van der Waals surface area contributed by atoms with Gasteiger partial charge in [-0.25, -0.2) is 0 Å². The summed E-state index contributed by atoms with van der Waals surface area (Å²) in [5, 5.41) is 13.9. The molecule has 0 aliphatic heterocycles. The number of benzene rings is 2. The summed E-state index contributed by atoms with van der Waals surface area (Å²) in [5.74, 6) is 3.12. The van der Waals surface area contributed by atoms with E-state index in [-0.39, 0.29) is 0 Å². The fraction of sp³-hybridized carbons (Fsp3) is 0.548. The monoisotopic (exact) mass is 472 g/mol. The van der Waals surface area contributed by atoms with Crippen molar-refractivity contribution in [1.82, 2.24) is 0 Å². The van der Waals surface area contributed by atoms with Gasteiger partial charge in [0.05, 0.1) is 0 Å². The van der Waals surface area contributed by atoms with Crippen LogP contribution in [0, 0.1) is 33.8 Å². The van der Waals surface area contributed by atoms with Crippen LogP contribution in [0.4, 0.5) is 11.4 Å². The fourth-order valence-corrected chi connectivity index (χ4v) is 6.90. The first-order valence-electron chi connectivity index (χ1n) is 13.3. The molecule has 0 saturated heterocycles. The Hall–Kier alpha value is -2.46. The molecule has 4 fully saturated rings. The topological polar surface area (TPSA) is 46.4 Å². The lowest BCUT2D eigenvalue weighted by molar-refractivity contribution is -0.540. The summed E-state index contributed by atoms with van der Waals surface area (Å²) in [7, 11) is 0. The zero-order valence-electron chi connectivity index (χ0n) is 22.2. The van der Waals surface area contributed by atoms with Crippen LogP contribution in [0.3, 0.4) is 0 Å². The summed E-state index contributed by atoms with van der Waals surface area (Å²) in [6, 6.07) is 16.4. The van der Waals surface area contributed by atoms with Crippen LogP contribution in [0.1, 0.15) is 84.8 Å². The van der Waals surface area contributed by atoms with Gasteiger partial charge in [-0.1, -0.05) is 17.7 Å². The lowest BCUT2D eigenvalue weighted by atomic mass is 9.53. The largest absolute Gasteiger partial charge is 0.758 e. The van der Waals surface area contributed by atoms with Crippen LogP contribution >= 0.6 is 0 Å². The first-order valence-corrected chi connectivity index (χ1v) is 13.3. The van der Waals surface area contributed by atoms with Crippen molar-refractivity contribution in [1.29, 1.82) is 0 Å². The van der Waals surface area contributed by atoms with E-state index in [0.717, 1.165) is 21.7 Å². The van der Waals surface area contributed by atoms with Gasteiger partial charge in [0.1, 0.15) is 0 Å². The number of hydrogen-bond donors (Lipinski definition) is 0. The molecule has 0 atom stereocenters. The second-order valence-corrected chi connectivity index (χ2v) is 13.2. The molecule has 0 radical (unpaired) electrons. The quantitative estimate of drug-likeness (QED) is 0.332. The number of hydrogen-bond acceptors (Lipinski definition) is 3. The average molecular weight is 473 g/mol. The lowest BCUT2D eigenvalue weighted by Crippen LogP contribution is -2.40. The Morgan fingerprint density at radius 3 is 1.66 bits per heavy atom. The summed E-state index contributed by atoms with van der Waals surface area (Å²) in [6.45, 7) is 11.6. The molecule has 4 aliphatic carbocycles. The second-order valence-electron chi connectivity index (χ2n) is 13.2. The van der Waals surface area contributed by atoms with Gasteiger partial charge in [-0.2, -0.15) is 0 Å². The first kappa shape index (κ1) is 24.2. The van der Waals surface area contributed by atoms with Gasteiger partial charge in [0.2, 0.25) is 5.54 Å². The van der Waals surface area contributed by atoms with Gasteiger partial charge in [0.15, 0.2) is 0 Å². The normalized spacial score (nSPS) is 25.6. The average Bonchev–Trinajstić information content (AvgIpc) is 2.79. The SMILES string of the molecule is CC(C)(C)N([O-])c1ccc(C(=C2C3CC4CC(C3)CC2C4)c2ccc([N+](=O)C(C)(C)C)cc2)cc1. The summed E-state index contributed by atoms with van der Waals surface area (Å²) in [4.78, 5) is 12.8. The molecule has 0 unspecified atom stereocenters. The van der Waals surface area contributed by atoms with E-state index in [1.165, 1.54) is 48.8 Å². The molecule has 0 aromatic heterocycles. The lowest BCUT2D eigenvalue weighted by Gasteiger charge is -2.52. The molecule has 0 amide bonds. The molecule has 4 saturated carbocycles. The highest BCUT2D eigenvalue weighted by molar-refractivity contribution is 5.84. The molecule has 4 heteroatoms. The third kappa shape index (κ3) is 4.58. The summed E-state index contributed by atoms with van der Waals surface area (Å²) in [6.07, 6.45) is 6.70. The zero-order valence-corrected chi connectivity index (χ0v) is 22.2. The molecular formula is C31H40N2O2. The minimum Gasteiger partial charge on any atom is -0.758 e. The zero-order chi connectivity index (χ0) is 25.1. The maximum absolute atomic E-state index is 12.8. The van der Waals surface area contributed by atoms with E-state index in [1.54, 1.807) is 5.57 Å². The number of rotatable bonds is 4. The Morgan fingerprint density at radius 1 is 0.771 bits per heavy atom. The predicted octanol–water partition coefficient (Wildman–Crippen LogP) is 8.26. The Morgan fingerprint density at radius 2 is 1.23 bits per heavy atom. The van der Waals surface area contributed by atoms with E-state index in [2.05, 4.69) is 24.3 Å². The number of allylic oxidation sites excluding steroid dienone is 1. The highest BCUT2D eigenvalue weighted by atomic mass is 16.5. The Kier molecular flexibility index (Phi) is 5.95.